The van der Waals surface area contributed by atoms with Crippen LogP contribution in [-0.4, -0.2) is 40.5 Å². The smallest absolute Gasteiger partial charge is 0.234 e. The molecule has 4 unspecified atom stereocenters. The number of rotatable bonds is 4. The van der Waals surface area contributed by atoms with Crippen LogP contribution in [0.15, 0.2) is 63.0 Å². The molecule has 4 aliphatic rings. The average Bonchev–Trinajstić information content (AvgIpc) is 3.50. The Morgan fingerprint density at radius 2 is 1.97 bits per heavy atom. The number of nitrogens with zero attached hydrogens (tertiary/aromatic N) is 1. The van der Waals surface area contributed by atoms with E-state index in [1.807, 2.05) is 23.6 Å². The number of Topliss-reactive ketones (excluding diaryl/α,β-unsaturated/α-hetero) is 1. The lowest BCUT2D eigenvalue weighted by atomic mass is 9.59. The zero-order valence-electron chi connectivity index (χ0n) is 20.1. The van der Waals surface area contributed by atoms with Gasteiger partial charge in [-0.05, 0) is 63.8 Å². The lowest BCUT2D eigenvalue weighted by Crippen LogP contribution is -2.39. The van der Waals surface area contributed by atoms with Crippen LogP contribution in [0.25, 0.3) is 0 Å². The maximum Gasteiger partial charge on any atom is 0.234 e. The number of fused-ring (bicyclic) bond motifs is 3. The molecule has 2 heterocycles. The van der Waals surface area contributed by atoms with E-state index in [4.69, 9.17) is 16.3 Å². The van der Waals surface area contributed by atoms with Gasteiger partial charge >= 0.3 is 0 Å². The number of hydrogen-bond donors (Lipinski definition) is 1. The topological polar surface area (TPSA) is 101 Å². The molecule has 0 bridgehead atoms. The number of likely N-dealkylation sites (tertiary alicyclic amines) is 1. The van der Waals surface area contributed by atoms with Crippen molar-refractivity contribution >= 4 is 62.2 Å². The molecule has 1 aromatic carbocycles. The van der Waals surface area contributed by atoms with E-state index in [-0.39, 0.29) is 57.4 Å². The molecule has 1 fully saturated rings. The van der Waals surface area contributed by atoms with Gasteiger partial charge in [0, 0.05) is 28.0 Å². The first-order valence-corrected chi connectivity index (χ1v) is 14.1. The number of allylic oxidation sites excluding steroid dienone is 6. The number of phenolic OH excluding ortho intramolecular Hbond substituents is 1. The summed E-state index contributed by atoms with van der Waals surface area (Å²) in [6.07, 6.45) is 3.75. The molecule has 2 amide bonds. The minimum absolute atomic E-state index is 0.0402. The third-order valence-corrected chi connectivity index (χ3v) is 9.66. The zero-order valence-corrected chi connectivity index (χ0v) is 23.2. The van der Waals surface area contributed by atoms with Crippen LogP contribution in [0.2, 0.25) is 5.02 Å². The quantitative estimate of drug-likeness (QED) is 0.293. The van der Waals surface area contributed by atoms with Gasteiger partial charge in [-0.3, -0.25) is 24.1 Å². The highest BCUT2D eigenvalue weighted by Gasteiger charge is 2.56. The van der Waals surface area contributed by atoms with Crippen molar-refractivity contribution in [3.8, 4) is 11.5 Å². The van der Waals surface area contributed by atoms with Gasteiger partial charge in [0.25, 0.3) is 0 Å². The number of imide groups is 1. The number of phenols is 1. The Morgan fingerprint density at radius 1 is 1.18 bits per heavy atom. The standard InChI is InChI=1S/C28H21BrClNO6S/c1-37-21-8-12(7-19(30)26(21)34)22-14-4-5-15-23(28(36)31(27(15)35)11-13-3-2-6-38-13)16(14)9-17-24(22)20(32)10-18(29)25(17)33/h2-4,6-8,10,15-16,22-23,34H,5,9,11H2,1H3. The fourth-order valence-electron chi connectivity index (χ4n) is 6.28. The van der Waals surface area contributed by atoms with E-state index in [1.54, 1.807) is 12.1 Å². The molecule has 1 aromatic heterocycles. The van der Waals surface area contributed by atoms with Gasteiger partial charge < -0.3 is 9.84 Å². The molecule has 1 N–H and O–H groups in total. The number of thiophene rings is 1. The second-order valence-electron chi connectivity index (χ2n) is 9.79. The number of aromatic hydroxyl groups is 1. The molecular weight excluding hydrogens is 594 g/mol. The first kappa shape index (κ1) is 25.3. The lowest BCUT2D eigenvalue weighted by Gasteiger charge is -2.42. The van der Waals surface area contributed by atoms with Gasteiger partial charge in [-0.1, -0.05) is 29.3 Å². The Balaban J connectivity index is 1.48. The van der Waals surface area contributed by atoms with Crippen LogP contribution in [0.5, 0.6) is 11.5 Å². The summed E-state index contributed by atoms with van der Waals surface area (Å²) in [4.78, 5) is 56.1. The summed E-state index contributed by atoms with van der Waals surface area (Å²) in [5.74, 6) is -3.47. The Bertz CT molecular complexity index is 1520. The number of hydrogen-bond acceptors (Lipinski definition) is 7. The number of ether oxygens (including phenoxy) is 1. The molecule has 3 aliphatic carbocycles. The van der Waals surface area contributed by atoms with Crippen molar-refractivity contribution in [2.45, 2.75) is 25.3 Å². The van der Waals surface area contributed by atoms with Crippen LogP contribution in [-0.2, 0) is 25.7 Å². The molecule has 10 heteroatoms. The summed E-state index contributed by atoms with van der Waals surface area (Å²) in [6.45, 7) is 0.220. The van der Waals surface area contributed by atoms with Crippen molar-refractivity contribution in [1.29, 1.82) is 0 Å². The molecular formula is C28H21BrClNO6S. The monoisotopic (exact) mass is 613 g/mol. The Hall–Kier alpha value is -3.01. The van der Waals surface area contributed by atoms with Crippen molar-refractivity contribution in [3.05, 3.63) is 78.5 Å². The first-order valence-electron chi connectivity index (χ1n) is 12.0. The fraction of sp³-hybridized carbons (Fsp3) is 0.286. The highest BCUT2D eigenvalue weighted by atomic mass is 79.9. The average molecular weight is 615 g/mol. The predicted molar refractivity (Wildman–Crippen MR) is 144 cm³/mol. The van der Waals surface area contributed by atoms with Gasteiger partial charge in [-0.15, -0.1) is 11.3 Å². The van der Waals surface area contributed by atoms with E-state index in [2.05, 4.69) is 15.9 Å². The normalized spacial score (nSPS) is 26.7. The van der Waals surface area contributed by atoms with Crippen LogP contribution in [0, 0.1) is 17.8 Å². The van der Waals surface area contributed by atoms with Crippen LogP contribution < -0.4 is 4.74 Å². The number of methoxy groups -OCH3 is 1. The molecule has 0 spiro atoms. The largest absolute Gasteiger partial charge is 0.503 e. The zero-order chi connectivity index (χ0) is 26.9. The van der Waals surface area contributed by atoms with E-state index < -0.39 is 23.7 Å². The molecule has 0 radical (unpaired) electrons. The SMILES string of the molecule is COc1cc(C2C3=CCC4C(=O)N(Cc5cccs5)C(=O)C4C3CC3=C2C(=O)C=C(Br)C3=O)cc(Cl)c1O. The molecule has 6 rings (SSSR count). The van der Waals surface area contributed by atoms with Crippen LogP contribution in [0.4, 0.5) is 0 Å². The van der Waals surface area contributed by atoms with Crippen LogP contribution in [0.1, 0.15) is 29.2 Å². The number of carbonyl (C=O) groups excluding carboxylic acids is 4. The third kappa shape index (κ3) is 3.74. The number of ketones is 2. The highest BCUT2D eigenvalue weighted by Crippen LogP contribution is 2.56. The van der Waals surface area contributed by atoms with Gasteiger partial charge in [0.05, 0.1) is 35.0 Å². The van der Waals surface area contributed by atoms with Gasteiger partial charge in [0.15, 0.2) is 23.1 Å². The first-order chi connectivity index (χ1) is 18.2. The van der Waals surface area contributed by atoms with Crippen molar-refractivity contribution in [1.82, 2.24) is 4.90 Å². The molecule has 2 aromatic rings. The molecule has 194 valence electrons. The Labute approximate surface area is 235 Å². The van der Waals surface area contributed by atoms with Gasteiger partial charge in [-0.25, -0.2) is 0 Å². The van der Waals surface area contributed by atoms with E-state index in [9.17, 15) is 24.3 Å². The minimum Gasteiger partial charge on any atom is -0.503 e. The Morgan fingerprint density at radius 3 is 2.68 bits per heavy atom. The van der Waals surface area contributed by atoms with E-state index in [0.717, 1.165) is 10.5 Å². The highest BCUT2D eigenvalue weighted by molar-refractivity contribution is 9.12. The fourth-order valence-corrected chi connectivity index (χ4v) is 7.64. The van der Waals surface area contributed by atoms with Gasteiger partial charge in [0.2, 0.25) is 11.8 Å². The molecule has 4 atom stereocenters. The summed E-state index contributed by atoms with van der Waals surface area (Å²) < 4.78 is 5.47. The lowest BCUT2D eigenvalue weighted by molar-refractivity contribution is -0.140. The predicted octanol–water partition coefficient (Wildman–Crippen LogP) is 5.08. The Kier molecular flexibility index (Phi) is 6.20. The minimum atomic E-state index is -0.681. The van der Waals surface area contributed by atoms with Crippen LogP contribution >= 0.6 is 38.9 Å². The van der Waals surface area contributed by atoms with Crippen molar-refractivity contribution in [2.24, 2.45) is 17.8 Å². The second kappa shape index (κ2) is 9.32. The van der Waals surface area contributed by atoms with E-state index in [1.165, 1.54) is 29.4 Å². The van der Waals surface area contributed by atoms with Crippen molar-refractivity contribution in [2.75, 3.05) is 7.11 Å². The summed E-state index contributed by atoms with van der Waals surface area (Å²) >= 11 is 11.0. The summed E-state index contributed by atoms with van der Waals surface area (Å²) in [6, 6.07) is 6.93. The maximum atomic E-state index is 13.8. The maximum absolute atomic E-state index is 13.8. The number of amides is 2. The molecule has 38 heavy (non-hydrogen) atoms. The number of benzene rings is 1. The summed E-state index contributed by atoms with van der Waals surface area (Å²) in [5, 5.41) is 12.3. The van der Waals surface area contributed by atoms with Gasteiger partial charge in [0.1, 0.15) is 0 Å². The molecule has 1 aliphatic heterocycles. The van der Waals surface area contributed by atoms with E-state index >= 15 is 0 Å². The second-order valence-corrected chi connectivity index (χ2v) is 12.1. The number of halogens is 2. The molecule has 1 saturated heterocycles. The van der Waals surface area contributed by atoms with E-state index in [0.29, 0.717) is 23.1 Å². The van der Waals surface area contributed by atoms with Crippen LogP contribution in [0.3, 0.4) is 0 Å². The summed E-state index contributed by atoms with van der Waals surface area (Å²) in [7, 11) is 1.40. The van der Waals surface area contributed by atoms with Gasteiger partial charge in [-0.2, -0.15) is 0 Å². The molecule has 7 nitrogen and oxygen atoms in total. The number of carbonyl (C=O) groups is 4. The third-order valence-electron chi connectivity index (χ3n) is 7.92. The van der Waals surface area contributed by atoms with Crippen molar-refractivity contribution in [3.63, 3.8) is 0 Å². The van der Waals surface area contributed by atoms with Crippen molar-refractivity contribution < 1.29 is 29.0 Å². The summed E-state index contributed by atoms with van der Waals surface area (Å²) in [5.41, 5.74) is 2.03. The molecule has 0 saturated carbocycles.